The lowest BCUT2D eigenvalue weighted by Crippen LogP contribution is -2.27. The first kappa shape index (κ1) is 9.66. The van der Waals surface area contributed by atoms with Crippen molar-refractivity contribution in [1.82, 2.24) is 4.98 Å². The van der Waals surface area contributed by atoms with Crippen molar-refractivity contribution in [2.24, 2.45) is 5.73 Å². The van der Waals surface area contributed by atoms with Crippen LogP contribution in [-0.4, -0.2) is 11.0 Å². The van der Waals surface area contributed by atoms with Crippen LogP contribution in [-0.2, 0) is 0 Å². The van der Waals surface area contributed by atoms with Crippen LogP contribution in [0.2, 0.25) is 0 Å². The molecule has 0 amide bonds. The number of hydrogen-bond acceptors (Lipinski definition) is 2. The summed E-state index contributed by atoms with van der Waals surface area (Å²) in [6, 6.07) is 4.63. The Hall–Kier alpha value is -0.890. The molecular weight excluding hydrogens is 172 g/mol. The minimum absolute atomic E-state index is 0.397. The lowest BCUT2D eigenvalue weighted by molar-refractivity contribution is 0.391. The molecule has 14 heavy (non-hydrogen) atoms. The van der Waals surface area contributed by atoms with Gasteiger partial charge in [0.15, 0.2) is 0 Å². The molecule has 2 N–H and O–H groups in total. The second-order valence-electron chi connectivity index (χ2n) is 4.30. The largest absolute Gasteiger partial charge is 0.328 e. The zero-order valence-corrected chi connectivity index (χ0v) is 8.74. The SMILES string of the molecule is Cc1ncccc1C1CCCC(N)C1. The van der Waals surface area contributed by atoms with E-state index in [2.05, 4.69) is 18.0 Å². The molecule has 0 spiro atoms. The van der Waals surface area contributed by atoms with Crippen molar-refractivity contribution in [2.45, 2.75) is 44.6 Å². The summed E-state index contributed by atoms with van der Waals surface area (Å²) in [4.78, 5) is 4.34. The molecule has 0 saturated heterocycles. The molecular formula is C12H18N2. The van der Waals surface area contributed by atoms with Gasteiger partial charge in [0.05, 0.1) is 0 Å². The fraction of sp³-hybridized carbons (Fsp3) is 0.583. The molecule has 1 fully saturated rings. The first-order valence-electron chi connectivity index (χ1n) is 5.44. The van der Waals surface area contributed by atoms with Crippen molar-refractivity contribution in [1.29, 1.82) is 0 Å². The molecule has 2 unspecified atom stereocenters. The van der Waals surface area contributed by atoms with Gasteiger partial charge in [-0.05, 0) is 43.7 Å². The molecule has 76 valence electrons. The van der Waals surface area contributed by atoms with Gasteiger partial charge in [0.1, 0.15) is 0 Å². The van der Waals surface area contributed by atoms with Crippen LogP contribution in [0.5, 0.6) is 0 Å². The second-order valence-corrected chi connectivity index (χ2v) is 4.30. The lowest BCUT2D eigenvalue weighted by Gasteiger charge is -2.27. The average molecular weight is 190 g/mol. The van der Waals surface area contributed by atoms with E-state index in [4.69, 9.17) is 5.73 Å². The molecule has 1 saturated carbocycles. The van der Waals surface area contributed by atoms with E-state index in [9.17, 15) is 0 Å². The van der Waals surface area contributed by atoms with Crippen LogP contribution < -0.4 is 5.73 Å². The van der Waals surface area contributed by atoms with Crippen LogP contribution in [0.1, 0.15) is 42.9 Å². The summed E-state index contributed by atoms with van der Waals surface area (Å²) in [5.74, 6) is 0.646. The Balaban J connectivity index is 2.18. The molecule has 1 aromatic rings. The molecule has 2 nitrogen and oxygen atoms in total. The highest BCUT2D eigenvalue weighted by molar-refractivity contribution is 5.23. The van der Waals surface area contributed by atoms with E-state index >= 15 is 0 Å². The summed E-state index contributed by atoms with van der Waals surface area (Å²) in [7, 11) is 0. The van der Waals surface area contributed by atoms with Crippen LogP contribution in [0.15, 0.2) is 18.3 Å². The molecule has 2 rings (SSSR count). The van der Waals surface area contributed by atoms with Gasteiger partial charge >= 0.3 is 0 Å². The lowest BCUT2D eigenvalue weighted by atomic mass is 9.81. The minimum atomic E-state index is 0.397. The molecule has 2 atom stereocenters. The van der Waals surface area contributed by atoms with Gasteiger partial charge in [-0.15, -0.1) is 0 Å². The standard InChI is InChI=1S/C12H18N2/c1-9-12(6-3-7-14-9)10-4-2-5-11(13)8-10/h3,6-7,10-11H,2,4-5,8,13H2,1H3. The summed E-state index contributed by atoms with van der Waals surface area (Å²) in [6.07, 6.45) is 6.73. The Morgan fingerprint density at radius 2 is 2.29 bits per heavy atom. The highest BCUT2D eigenvalue weighted by Crippen LogP contribution is 2.32. The molecule has 0 aliphatic heterocycles. The van der Waals surface area contributed by atoms with Gasteiger partial charge in [0.2, 0.25) is 0 Å². The first-order chi connectivity index (χ1) is 6.77. The zero-order chi connectivity index (χ0) is 9.97. The van der Waals surface area contributed by atoms with Gasteiger partial charge < -0.3 is 5.73 Å². The summed E-state index contributed by atoms with van der Waals surface area (Å²) in [5, 5.41) is 0. The highest BCUT2D eigenvalue weighted by atomic mass is 14.7. The molecule has 0 bridgehead atoms. The molecule has 1 aliphatic rings. The van der Waals surface area contributed by atoms with E-state index < -0.39 is 0 Å². The Bertz CT molecular complexity index is 309. The summed E-state index contributed by atoms with van der Waals surface area (Å²) in [5.41, 5.74) is 8.57. The van der Waals surface area contributed by atoms with Gasteiger partial charge in [0.25, 0.3) is 0 Å². The van der Waals surface area contributed by atoms with Crippen LogP contribution in [0.3, 0.4) is 0 Å². The van der Waals surface area contributed by atoms with Crippen LogP contribution >= 0.6 is 0 Å². The summed E-state index contributed by atoms with van der Waals surface area (Å²) < 4.78 is 0. The van der Waals surface area contributed by atoms with Crippen molar-refractivity contribution in [3.05, 3.63) is 29.6 Å². The first-order valence-corrected chi connectivity index (χ1v) is 5.44. The fourth-order valence-corrected chi connectivity index (χ4v) is 2.44. The predicted molar refractivity (Wildman–Crippen MR) is 58.2 cm³/mol. The van der Waals surface area contributed by atoms with Crippen LogP contribution in [0, 0.1) is 6.92 Å². The molecule has 2 heteroatoms. The number of nitrogens with two attached hydrogens (primary N) is 1. The normalized spacial score (nSPS) is 27.6. The Kier molecular flexibility index (Phi) is 2.82. The monoisotopic (exact) mass is 190 g/mol. The third-order valence-electron chi connectivity index (χ3n) is 3.20. The van der Waals surface area contributed by atoms with Crippen molar-refractivity contribution in [3.8, 4) is 0 Å². The van der Waals surface area contributed by atoms with Gasteiger partial charge in [-0.2, -0.15) is 0 Å². The zero-order valence-electron chi connectivity index (χ0n) is 8.74. The Morgan fingerprint density at radius 3 is 3.00 bits per heavy atom. The molecule has 1 heterocycles. The van der Waals surface area contributed by atoms with Crippen LogP contribution in [0.4, 0.5) is 0 Å². The number of aryl methyl sites for hydroxylation is 1. The summed E-state index contributed by atoms with van der Waals surface area (Å²) in [6.45, 7) is 2.09. The maximum absolute atomic E-state index is 5.99. The van der Waals surface area contributed by atoms with Gasteiger partial charge in [0, 0.05) is 17.9 Å². The van der Waals surface area contributed by atoms with Crippen LogP contribution in [0.25, 0.3) is 0 Å². The van der Waals surface area contributed by atoms with Crippen molar-refractivity contribution >= 4 is 0 Å². The Labute approximate surface area is 85.5 Å². The number of aromatic nitrogens is 1. The van der Waals surface area contributed by atoms with Crippen molar-refractivity contribution < 1.29 is 0 Å². The molecule has 1 aliphatic carbocycles. The topological polar surface area (TPSA) is 38.9 Å². The molecule has 0 aromatic carbocycles. The molecule has 1 aromatic heterocycles. The van der Waals surface area contributed by atoms with E-state index in [-0.39, 0.29) is 0 Å². The second kappa shape index (κ2) is 4.09. The van der Waals surface area contributed by atoms with E-state index in [0.717, 1.165) is 6.42 Å². The van der Waals surface area contributed by atoms with E-state index in [1.807, 2.05) is 12.3 Å². The maximum atomic E-state index is 5.99. The smallest absolute Gasteiger partial charge is 0.0407 e. The third kappa shape index (κ3) is 1.95. The van der Waals surface area contributed by atoms with E-state index in [0.29, 0.717) is 12.0 Å². The fourth-order valence-electron chi connectivity index (χ4n) is 2.44. The Morgan fingerprint density at radius 1 is 1.43 bits per heavy atom. The number of rotatable bonds is 1. The third-order valence-corrected chi connectivity index (χ3v) is 3.20. The number of hydrogen-bond donors (Lipinski definition) is 1. The number of pyridine rings is 1. The van der Waals surface area contributed by atoms with E-state index in [1.165, 1.54) is 30.5 Å². The predicted octanol–water partition coefficient (Wildman–Crippen LogP) is 2.37. The van der Waals surface area contributed by atoms with Crippen molar-refractivity contribution in [2.75, 3.05) is 0 Å². The average Bonchev–Trinajstić information content (AvgIpc) is 2.18. The minimum Gasteiger partial charge on any atom is -0.328 e. The van der Waals surface area contributed by atoms with Gasteiger partial charge in [-0.1, -0.05) is 12.5 Å². The maximum Gasteiger partial charge on any atom is 0.0407 e. The van der Waals surface area contributed by atoms with Crippen molar-refractivity contribution in [3.63, 3.8) is 0 Å². The van der Waals surface area contributed by atoms with E-state index in [1.54, 1.807) is 0 Å². The van der Waals surface area contributed by atoms with Gasteiger partial charge in [-0.25, -0.2) is 0 Å². The van der Waals surface area contributed by atoms with Gasteiger partial charge in [-0.3, -0.25) is 4.98 Å². The quantitative estimate of drug-likeness (QED) is 0.738. The number of nitrogens with zero attached hydrogens (tertiary/aromatic N) is 1. The summed E-state index contributed by atoms with van der Waals surface area (Å²) >= 11 is 0. The molecule has 0 radical (unpaired) electrons. The highest BCUT2D eigenvalue weighted by Gasteiger charge is 2.21.